The van der Waals surface area contributed by atoms with E-state index in [1.54, 1.807) is 0 Å². The second kappa shape index (κ2) is 8.30. The second-order valence-corrected chi connectivity index (χ2v) is 2.91. The average Bonchev–Trinajstić information content (AvgIpc) is 2.28. The molecule has 7 nitrogen and oxygen atoms in total. The lowest BCUT2D eigenvalue weighted by molar-refractivity contribution is -0.175. The zero-order valence-electron chi connectivity index (χ0n) is 9.56. The van der Waals surface area contributed by atoms with Crippen LogP contribution in [0.5, 0.6) is 0 Å². The molecule has 0 radical (unpaired) electrons. The van der Waals surface area contributed by atoms with Crippen LogP contribution in [0.3, 0.4) is 0 Å². The molecule has 0 amide bonds. The van der Waals surface area contributed by atoms with Gasteiger partial charge in [-0.3, -0.25) is 0 Å². The number of aromatic carboxylic acids is 2. The normalized spacial score (nSPS) is 9.30. The molecule has 0 spiro atoms. The van der Waals surface area contributed by atoms with E-state index < -0.39 is 19.2 Å². The third kappa shape index (κ3) is 9.22. The number of benzene rings is 1. The summed E-state index contributed by atoms with van der Waals surface area (Å²) in [5.74, 6) is -2.31. The van der Waals surface area contributed by atoms with E-state index >= 15 is 0 Å². The smallest absolute Gasteiger partial charge is 0.478 e. The van der Waals surface area contributed by atoms with E-state index in [-0.39, 0.29) is 16.8 Å². The number of nitrogens with two attached hydrogens (primary N) is 1. The summed E-state index contributed by atoms with van der Waals surface area (Å²) >= 11 is 0. The largest absolute Gasteiger partial charge is 0.673 e. The zero-order valence-corrected chi connectivity index (χ0v) is 9.56. The van der Waals surface area contributed by atoms with Crippen LogP contribution >= 0.6 is 0 Å². The van der Waals surface area contributed by atoms with Crippen LogP contribution in [0.4, 0.5) is 23.0 Å². The first kappa shape index (κ1) is 19.5. The first-order valence-electron chi connectivity index (χ1n) is 4.48. The van der Waals surface area contributed by atoms with Gasteiger partial charge in [0.1, 0.15) is 0 Å². The molecule has 1 aromatic rings. The lowest BCUT2D eigenvalue weighted by atomic mass is 10.1. The van der Waals surface area contributed by atoms with Crippen molar-refractivity contribution in [3.8, 4) is 0 Å². The Balaban J connectivity index is 0. The van der Waals surface area contributed by atoms with Crippen molar-refractivity contribution in [2.45, 2.75) is 0 Å². The van der Waals surface area contributed by atoms with Crippen LogP contribution < -0.4 is 11.1 Å². The van der Waals surface area contributed by atoms with Crippen molar-refractivity contribution < 1.29 is 42.5 Å². The van der Waals surface area contributed by atoms with Gasteiger partial charge < -0.3 is 33.2 Å². The summed E-state index contributed by atoms with van der Waals surface area (Å²) in [4.78, 5) is 20.9. The Bertz CT molecular complexity index is 500. The molecule has 0 saturated carbocycles. The van der Waals surface area contributed by atoms with E-state index in [0.29, 0.717) is 0 Å². The molecular weight excluding hydrogens is 289 g/mol. The van der Waals surface area contributed by atoms with E-state index in [1.807, 2.05) is 0 Å². The fraction of sp³-hybridized carbons (Fsp3) is 0. The lowest BCUT2D eigenvalue weighted by Gasteiger charge is -2.00. The maximum Gasteiger partial charge on any atom is 0.673 e. The van der Waals surface area contributed by atoms with Gasteiger partial charge >= 0.3 is 19.2 Å². The lowest BCUT2D eigenvalue weighted by Crippen LogP contribution is -2.11. The molecule has 1 aromatic carbocycles. The van der Waals surface area contributed by atoms with E-state index in [4.69, 9.17) is 26.7 Å². The van der Waals surface area contributed by atoms with Gasteiger partial charge in [-0.05, 0) is 18.2 Å². The quantitative estimate of drug-likeness (QED) is 0.266. The molecular formula is C8H8BF4N3O4. The molecule has 0 unspecified atom stereocenters. The Morgan fingerprint density at radius 3 is 1.75 bits per heavy atom. The summed E-state index contributed by atoms with van der Waals surface area (Å²) in [5.41, 5.74) is 5.15. The SMILES string of the molecule is F[B-](F)(F)F.N#[NH+].Nc1cc(C(=O)O)ccc1C(=O)O. The number of hydrogen-bond donors (Lipinski definition) is 4. The molecule has 20 heavy (non-hydrogen) atoms. The van der Waals surface area contributed by atoms with Crippen molar-refractivity contribution in [3.63, 3.8) is 0 Å². The molecule has 0 aliphatic carbocycles. The third-order valence-corrected chi connectivity index (χ3v) is 1.53. The van der Waals surface area contributed by atoms with Gasteiger partial charge in [-0.2, -0.15) is 0 Å². The first-order valence-corrected chi connectivity index (χ1v) is 4.48. The van der Waals surface area contributed by atoms with Crippen molar-refractivity contribution >= 4 is 24.9 Å². The van der Waals surface area contributed by atoms with Crippen LogP contribution in [0, 0.1) is 5.39 Å². The number of carboxylic acid groups (broad SMARTS) is 2. The van der Waals surface area contributed by atoms with Gasteiger partial charge in [-0.1, -0.05) is 0 Å². The minimum Gasteiger partial charge on any atom is -0.478 e. The van der Waals surface area contributed by atoms with Gasteiger partial charge in [0.05, 0.1) is 16.5 Å². The number of diazo groups is 1. The Morgan fingerprint density at radius 2 is 1.50 bits per heavy atom. The number of nitrogen functional groups attached to an aromatic ring is 1. The van der Waals surface area contributed by atoms with Gasteiger partial charge in [0.15, 0.2) is 0 Å². The number of nitrogens with zero attached hydrogens (tertiary/aromatic N) is 1. The van der Waals surface area contributed by atoms with Crippen molar-refractivity contribution in [1.82, 2.24) is 0 Å². The van der Waals surface area contributed by atoms with Gasteiger partial charge in [-0.25, -0.2) is 9.59 Å². The predicted octanol–water partition coefficient (Wildman–Crippen LogP) is 0.244. The van der Waals surface area contributed by atoms with Crippen molar-refractivity contribution in [2.24, 2.45) is 0 Å². The Labute approximate surface area is 109 Å². The molecule has 0 aromatic heterocycles. The molecule has 0 aliphatic heterocycles. The topological polar surface area (TPSA) is 148 Å². The number of halogens is 4. The third-order valence-electron chi connectivity index (χ3n) is 1.53. The number of hydrogen-bond acceptors (Lipinski definition) is 4. The summed E-state index contributed by atoms with van der Waals surface area (Å²) in [6.45, 7) is 0. The zero-order chi connectivity index (χ0) is 16.5. The maximum atomic E-state index is 10.5. The standard InChI is InChI=1S/C8H7NO4.BF4.N2/c9-6-3-4(7(10)11)1-2-5(6)8(12)13;2-1(3,4)5;1-2/h1-3H,9H2,(H,10,11)(H,12,13);;/q;-1;/p+1. The highest BCUT2D eigenvalue weighted by molar-refractivity contribution is 6.50. The number of carboxylic acids is 2. The summed E-state index contributed by atoms with van der Waals surface area (Å²) < 4.78 is 39.0. The summed E-state index contributed by atoms with van der Waals surface area (Å²) in [6, 6.07) is 3.48. The van der Waals surface area contributed by atoms with E-state index in [1.165, 1.54) is 12.1 Å². The van der Waals surface area contributed by atoms with Crippen molar-refractivity contribution in [3.05, 3.63) is 29.3 Å². The minimum absolute atomic E-state index is 0.0255. The highest BCUT2D eigenvalue weighted by atomic mass is 19.5. The molecule has 110 valence electrons. The van der Waals surface area contributed by atoms with Gasteiger partial charge in [-0.15, -0.1) is 0 Å². The highest BCUT2D eigenvalue weighted by Gasteiger charge is 2.20. The maximum absolute atomic E-state index is 10.5. The monoisotopic (exact) mass is 297 g/mol. The van der Waals surface area contributed by atoms with E-state index in [0.717, 1.165) is 6.07 Å². The molecule has 5 N–H and O–H groups in total. The first-order chi connectivity index (χ1) is 9.02. The van der Waals surface area contributed by atoms with Gasteiger partial charge in [0.25, 0.3) is 0 Å². The number of carbonyl (C=O) groups is 2. The van der Waals surface area contributed by atoms with Crippen LogP contribution in [0.1, 0.15) is 20.7 Å². The van der Waals surface area contributed by atoms with Crippen LogP contribution in [0.25, 0.3) is 0 Å². The Kier molecular flexibility index (Phi) is 8.09. The van der Waals surface area contributed by atoms with E-state index in [9.17, 15) is 26.9 Å². The minimum atomic E-state index is -6.00. The Hall–Kier alpha value is -2.84. The molecule has 0 saturated heterocycles. The second-order valence-electron chi connectivity index (χ2n) is 2.91. The van der Waals surface area contributed by atoms with Crippen molar-refractivity contribution in [1.29, 1.82) is 5.39 Å². The molecule has 12 heteroatoms. The number of nitrogens with one attached hydrogen (secondary N) is 1. The van der Waals surface area contributed by atoms with Gasteiger partial charge in [0, 0.05) is 5.69 Å². The summed E-state index contributed by atoms with van der Waals surface area (Å²) in [5, 5.41) is 28.1. The number of rotatable bonds is 2. The molecule has 1 rings (SSSR count). The molecule has 0 bridgehead atoms. The van der Waals surface area contributed by atoms with Crippen molar-refractivity contribution in [2.75, 3.05) is 5.73 Å². The Morgan fingerprint density at radius 1 is 1.10 bits per heavy atom. The van der Waals surface area contributed by atoms with E-state index in [2.05, 4.69) is 0 Å². The van der Waals surface area contributed by atoms with Crippen LogP contribution in [-0.2, 0) is 0 Å². The average molecular weight is 297 g/mol. The predicted molar refractivity (Wildman–Crippen MR) is 57.6 cm³/mol. The van der Waals surface area contributed by atoms with Crippen LogP contribution in [0.15, 0.2) is 18.2 Å². The van der Waals surface area contributed by atoms with Crippen LogP contribution in [0.2, 0.25) is 0 Å². The summed E-state index contributed by atoms with van der Waals surface area (Å²) in [7, 11) is -6.00. The summed E-state index contributed by atoms with van der Waals surface area (Å²) in [6.07, 6.45) is 0. The molecule has 0 heterocycles. The molecule has 0 atom stereocenters. The highest BCUT2D eigenvalue weighted by Crippen LogP contribution is 2.14. The van der Waals surface area contributed by atoms with Crippen LogP contribution in [-0.4, -0.2) is 29.4 Å². The molecule has 0 aliphatic rings. The fourth-order valence-electron chi connectivity index (χ4n) is 0.891. The fourth-order valence-corrected chi connectivity index (χ4v) is 0.891. The molecule has 0 fully saturated rings. The number of anilines is 1. The van der Waals surface area contributed by atoms with Gasteiger partial charge in [0.2, 0.25) is 5.39 Å².